The molecule has 0 aliphatic rings. The van der Waals surface area contributed by atoms with Crippen LogP contribution in [-0.2, 0) is 4.79 Å². The van der Waals surface area contributed by atoms with E-state index in [1.807, 2.05) is 0 Å². The van der Waals surface area contributed by atoms with Crippen molar-refractivity contribution in [3.8, 4) is 0 Å². The minimum absolute atomic E-state index is 0.116. The van der Waals surface area contributed by atoms with E-state index in [2.05, 4.69) is 0 Å². The van der Waals surface area contributed by atoms with Crippen LogP contribution in [0.5, 0.6) is 0 Å². The first-order valence-electron chi connectivity index (χ1n) is 4.24. The van der Waals surface area contributed by atoms with Gasteiger partial charge in [-0.25, -0.2) is 4.39 Å². The number of nitrogens with zero attached hydrogens (tertiary/aromatic N) is 1. The van der Waals surface area contributed by atoms with E-state index >= 15 is 0 Å². The number of rotatable bonds is 2. The van der Waals surface area contributed by atoms with Gasteiger partial charge in [-0.3, -0.25) is 4.79 Å². The van der Waals surface area contributed by atoms with Crippen LogP contribution in [0.25, 0.3) is 6.08 Å². The van der Waals surface area contributed by atoms with Crippen LogP contribution in [0.4, 0.5) is 4.39 Å². The van der Waals surface area contributed by atoms with Gasteiger partial charge in [0.1, 0.15) is 5.82 Å². The van der Waals surface area contributed by atoms with Crippen molar-refractivity contribution in [2.75, 3.05) is 14.1 Å². The highest BCUT2D eigenvalue weighted by atomic mass is 19.1. The second-order valence-electron chi connectivity index (χ2n) is 3.12. The van der Waals surface area contributed by atoms with Crippen LogP contribution >= 0.6 is 0 Å². The molecule has 0 aliphatic heterocycles. The first-order chi connectivity index (χ1) is 6.59. The molecule has 0 aromatic heterocycles. The molecule has 1 aromatic carbocycles. The Bertz CT molecular complexity index is 358. The van der Waals surface area contributed by atoms with Gasteiger partial charge in [0.05, 0.1) is 0 Å². The molecular formula is C11H12FNO. The summed E-state index contributed by atoms with van der Waals surface area (Å²) in [5.74, 6) is -0.418. The van der Waals surface area contributed by atoms with Gasteiger partial charge in [0.25, 0.3) is 0 Å². The highest BCUT2D eigenvalue weighted by molar-refractivity contribution is 5.91. The minimum atomic E-state index is -0.301. The van der Waals surface area contributed by atoms with Crippen molar-refractivity contribution in [3.05, 3.63) is 41.7 Å². The topological polar surface area (TPSA) is 20.3 Å². The maximum absolute atomic E-state index is 12.7. The summed E-state index contributed by atoms with van der Waals surface area (Å²) < 4.78 is 12.7. The molecule has 0 fully saturated rings. The summed E-state index contributed by atoms with van der Waals surface area (Å²) in [4.78, 5) is 12.6. The Morgan fingerprint density at radius 3 is 2.71 bits per heavy atom. The van der Waals surface area contributed by atoms with Crippen molar-refractivity contribution in [3.63, 3.8) is 0 Å². The first-order valence-corrected chi connectivity index (χ1v) is 4.24. The predicted molar refractivity (Wildman–Crippen MR) is 54.1 cm³/mol. The molecule has 3 heteroatoms. The summed E-state index contributed by atoms with van der Waals surface area (Å²) >= 11 is 0. The molecule has 0 unspecified atom stereocenters. The van der Waals surface area contributed by atoms with Crippen LogP contribution in [0, 0.1) is 5.82 Å². The summed E-state index contributed by atoms with van der Waals surface area (Å²) in [6.45, 7) is 0. The number of hydrogen-bond acceptors (Lipinski definition) is 1. The zero-order valence-corrected chi connectivity index (χ0v) is 8.20. The van der Waals surface area contributed by atoms with Crippen LogP contribution < -0.4 is 0 Å². The lowest BCUT2D eigenvalue weighted by Crippen LogP contribution is -2.18. The quantitative estimate of drug-likeness (QED) is 0.657. The number of halogens is 1. The molecule has 1 rings (SSSR count). The van der Waals surface area contributed by atoms with Crippen LogP contribution in [-0.4, -0.2) is 24.9 Å². The molecule has 0 heterocycles. The largest absolute Gasteiger partial charge is 0.345 e. The van der Waals surface area contributed by atoms with Gasteiger partial charge in [-0.05, 0) is 23.8 Å². The fraction of sp³-hybridized carbons (Fsp3) is 0.182. The molecule has 0 radical (unpaired) electrons. The van der Waals surface area contributed by atoms with Gasteiger partial charge in [-0.15, -0.1) is 0 Å². The lowest BCUT2D eigenvalue weighted by molar-refractivity contribution is -0.123. The fourth-order valence-corrected chi connectivity index (χ4v) is 0.927. The molecule has 14 heavy (non-hydrogen) atoms. The zero-order chi connectivity index (χ0) is 10.6. The highest BCUT2D eigenvalue weighted by Crippen LogP contribution is 2.05. The third kappa shape index (κ3) is 3.01. The Balaban J connectivity index is 2.74. The summed E-state index contributed by atoms with van der Waals surface area (Å²) in [5.41, 5.74) is 0.681. The molecule has 0 atom stereocenters. The average Bonchev–Trinajstić information content (AvgIpc) is 2.14. The predicted octanol–water partition coefficient (Wildman–Crippen LogP) is 1.93. The van der Waals surface area contributed by atoms with Gasteiger partial charge in [-0.1, -0.05) is 12.1 Å². The monoisotopic (exact) mass is 193 g/mol. The van der Waals surface area contributed by atoms with Crippen LogP contribution in [0.1, 0.15) is 5.56 Å². The van der Waals surface area contributed by atoms with E-state index in [4.69, 9.17) is 0 Å². The average molecular weight is 193 g/mol. The first kappa shape index (κ1) is 10.4. The number of likely N-dealkylation sites (N-methyl/N-ethyl adjacent to an activating group) is 1. The van der Waals surface area contributed by atoms with E-state index in [-0.39, 0.29) is 11.7 Å². The smallest absolute Gasteiger partial charge is 0.246 e. The maximum Gasteiger partial charge on any atom is 0.246 e. The molecule has 74 valence electrons. The summed E-state index contributed by atoms with van der Waals surface area (Å²) in [7, 11) is 3.33. The minimum Gasteiger partial charge on any atom is -0.345 e. The van der Waals surface area contributed by atoms with Crippen LogP contribution in [0.15, 0.2) is 30.3 Å². The summed E-state index contributed by atoms with van der Waals surface area (Å²) in [5, 5.41) is 0. The number of carbonyl (C=O) groups excluding carboxylic acids is 1. The molecular weight excluding hydrogens is 181 g/mol. The number of hydrogen-bond donors (Lipinski definition) is 0. The molecule has 0 saturated carbocycles. The Labute approximate surface area is 82.7 Å². The van der Waals surface area contributed by atoms with Crippen molar-refractivity contribution in [1.29, 1.82) is 0 Å². The van der Waals surface area contributed by atoms with E-state index in [0.717, 1.165) is 0 Å². The zero-order valence-electron chi connectivity index (χ0n) is 8.20. The maximum atomic E-state index is 12.7. The molecule has 0 aliphatic carbocycles. The molecule has 1 aromatic rings. The summed E-state index contributed by atoms with van der Waals surface area (Å²) in [6.07, 6.45) is 3.00. The van der Waals surface area contributed by atoms with E-state index in [1.165, 1.54) is 23.1 Å². The van der Waals surface area contributed by atoms with Crippen molar-refractivity contribution in [1.82, 2.24) is 4.90 Å². The number of benzene rings is 1. The second-order valence-corrected chi connectivity index (χ2v) is 3.12. The lowest BCUT2D eigenvalue weighted by Gasteiger charge is -2.04. The molecule has 0 saturated heterocycles. The standard InChI is InChI=1S/C11H12FNO/c1-13(2)11(14)7-6-9-4-3-5-10(12)8-9/h3-8H,1-2H3/b7-6+. The van der Waals surface area contributed by atoms with Crippen molar-refractivity contribution >= 4 is 12.0 Å². The van der Waals surface area contributed by atoms with Crippen molar-refractivity contribution in [2.24, 2.45) is 0 Å². The molecule has 2 nitrogen and oxygen atoms in total. The van der Waals surface area contributed by atoms with E-state index < -0.39 is 0 Å². The van der Waals surface area contributed by atoms with Crippen LogP contribution in [0.3, 0.4) is 0 Å². The Kier molecular flexibility index (Phi) is 3.40. The molecule has 0 N–H and O–H groups in total. The third-order valence-corrected chi connectivity index (χ3v) is 1.71. The van der Waals surface area contributed by atoms with Gasteiger partial charge in [0.15, 0.2) is 0 Å². The Morgan fingerprint density at radius 1 is 1.43 bits per heavy atom. The lowest BCUT2D eigenvalue weighted by atomic mass is 10.2. The molecule has 1 amide bonds. The number of carbonyl (C=O) groups is 1. The third-order valence-electron chi connectivity index (χ3n) is 1.71. The van der Waals surface area contributed by atoms with Crippen LogP contribution in [0.2, 0.25) is 0 Å². The SMILES string of the molecule is CN(C)C(=O)/C=C/c1cccc(F)c1. The van der Waals surface area contributed by atoms with Crippen molar-refractivity contribution in [2.45, 2.75) is 0 Å². The van der Waals surface area contributed by atoms with Gasteiger partial charge < -0.3 is 4.90 Å². The molecule has 0 spiro atoms. The summed E-state index contributed by atoms with van der Waals surface area (Å²) in [6, 6.07) is 6.09. The van der Waals surface area contributed by atoms with Crippen molar-refractivity contribution < 1.29 is 9.18 Å². The molecule has 0 bridgehead atoms. The van der Waals surface area contributed by atoms with E-state index in [0.29, 0.717) is 5.56 Å². The number of amides is 1. The van der Waals surface area contributed by atoms with E-state index in [1.54, 1.807) is 32.3 Å². The fourth-order valence-electron chi connectivity index (χ4n) is 0.927. The van der Waals surface area contributed by atoms with E-state index in [9.17, 15) is 9.18 Å². The second kappa shape index (κ2) is 4.56. The Hall–Kier alpha value is -1.64. The highest BCUT2D eigenvalue weighted by Gasteiger charge is 1.97. The normalized spacial score (nSPS) is 10.5. The van der Waals surface area contributed by atoms with Gasteiger partial charge >= 0.3 is 0 Å². The van der Waals surface area contributed by atoms with Gasteiger partial charge in [0.2, 0.25) is 5.91 Å². The Morgan fingerprint density at radius 2 is 2.14 bits per heavy atom. The van der Waals surface area contributed by atoms with Gasteiger partial charge in [0, 0.05) is 20.2 Å². The van der Waals surface area contributed by atoms with Gasteiger partial charge in [-0.2, -0.15) is 0 Å².